The summed E-state index contributed by atoms with van der Waals surface area (Å²) in [7, 11) is 3.10. The molecule has 1 aromatic carbocycles. The van der Waals surface area contributed by atoms with Crippen LogP contribution in [0.4, 0.5) is 16.6 Å². The number of pyridine rings is 1. The minimum Gasteiger partial charge on any atom is -0.497 e. The van der Waals surface area contributed by atoms with Crippen molar-refractivity contribution in [2.24, 2.45) is 0 Å². The van der Waals surface area contributed by atoms with Crippen molar-refractivity contribution in [3.8, 4) is 11.5 Å². The number of rotatable bonds is 6. The quantitative estimate of drug-likeness (QED) is 0.702. The number of carbonyl (C=O) groups excluding carboxylic acids is 1. The van der Waals surface area contributed by atoms with Crippen molar-refractivity contribution in [3.05, 3.63) is 53.7 Å². The summed E-state index contributed by atoms with van der Waals surface area (Å²) in [6, 6.07) is 10.7. The van der Waals surface area contributed by atoms with Gasteiger partial charge in [0.25, 0.3) is 5.91 Å². The summed E-state index contributed by atoms with van der Waals surface area (Å²) in [5.74, 6) is 1.49. The minimum atomic E-state index is -0.325. The average Bonchev–Trinajstić information content (AvgIpc) is 3.11. The molecule has 0 saturated heterocycles. The Kier molecular flexibility index (Phi) is 5.10. The lowest BCUT2D eigenvalue weighted by atomic mass is 10.2. The lowest BCUT2D eigenvalue weighted by Gasteiger charge is -2.10. The molecule has 0 aliphatic rings. The number of hydrogen-bond acceptors (Lipinski definition) is 7. The molecule has 128 valence electrons. The molecular weight excluding hydrogens is 340 g/mol. The van der Waals surface area contributed by atoms with E-state index in [4.69, 9.17) is 9.47 Å². The first-order valence-electron chi connectivity index (χ1n) is 7.36. The second kappa shape index (κ2) is 7.63. The number of aromatic nitrogens is 2. The zero-order chi connectivity index (χ0) is 17.6. The van der Waals surface area contributed by atoms with Gasteiger partial charge in [0.1, 0.15) is 23.0 Å². The van der Waals surface area contributed by atoms with Gasteiger partial charge in [0, 0.05) is 17.6 Å². The number of thiazole rings is 1. The van der Waals surface area contributed by atoms with Crippen molar-refractivity contribution >= 4 is 33.9 Å². The van der Waals surface area contributed by atoms with E-state index in [0.29, 0.717) is 33.8 Å². The maximum atomic E-state index is 12.4. The number of nitrogens with zero attached hydrogens (tertiary/aromatic N) is 2. The molecule has 1 amide bonds. The van der Waals surface area contributed by atoms with E-state index in [2.05, 4.69) is 20.6 Å². The first kappa shape index (κ1) is 16.7. The van der Waals surface area contributed by atoms with Gasteiger partial charge >= 0.3 is 0 Å². The molecule has 0 aliphatic carbocycles. The molecule has 25 heavy (non-hydrogen) atoms. The SMILES string of the molecule is COc1ccc(NC(=O)c2csc(Nc3ccccn3)n2)c(OC)c1. The van der Waals surface area contributed by atoms with Crippen molar-refractivity contribution in [1.82, 2.24) is 9.97 Å². The van der Waals surface area contributed by atoms with Gasteiger partial charge in [0.05, 0.1) is 19.9 Å². The van der Waals surface area contributed by atoms with E-state index in [1.165, 1.54) is 18.4 Å². The van der Waals surface area contributed by atoms with Crippen LogP contribution in [0.25, 0.3) is 0 Å². The molecule has 0 bridgehead atoms. The van der Waals surface area contributed by atoms with E-state index in [1.54, 1.807) is 36.9 Å². The molecule has 2 N–H and O–H groups in total. The van der Waals surface area contributed by atoms with Crippen LogP contribution in [-0.4, -0.2) is 30.1 Å². The van der Waals surface area contributed by atoms with Crippen LogP contribution in [0.15, 0.2) is 48.0 Å². The fourth-order valence-electron chi connectivity index (χ4n) is 2.07. The monoisotopic (exact) mass is 356 g/mol. The number of hydrogen-bond donors (Lipinski definition) is 2. The smallest absolute Gasteiger partial charge is 0.275 e. The lowest BCUT2D eigenvalue weighted by Crippen LogP contribution is -2.13. The van der Waals surface area contributed by atoms with Crippen molar-refractivity contribution in [2.45, 2.75) is 0 Å². The maximum absolute atomic E-state index is 12.4. The normalized spacial score (nSPS) is 10.2. The number of nitrogens with one attached hydrogen (secondary N) is 2. The Morgan fingerprint density at radius 2 is 2.04 bits per heavy atom. The fourth-order valence-corrected chi connectivity index (χ4v) is 2.77. The van der Waals surface area contributed by atoms with Crippen LogP contribution >= 0.6 is 11.3 Å². The predicted octanol–water partition coefficient (Wildman–Crippen LogP) is 3.55. The van der Waals surface area contributed by atoms with E-state index in [-0.39, 0.29) is 5.91 Å². The number of ether oxygens (including phenoxy) is 2. The van der Waals surface area contributed by atoms with Crippen LogP contribution < -0.4 is 20.1 Å². The van der Waals surface area contributed by atoms with E-state index in [0.717, 1.165) is 0 Å². The standard InChI is InChI=1S/C17H16N4O3S/c1-23-11-6-7-12(14(9-11)24-2)19-16(22)13-10-25-17(20-13)21-15-5-3-4-8-18-15/h3-10H,1-2H3,(H,19,22)(H,18,20,21). The topological polar surface area (TPSA) is 85.4 Å². The molecule has 7 nitrogen and oxygen atoms in total. The van der Waals surface area contributed by atoms with Crippen molar-refractivity contribution in [2.75, 3.05) is 24.9 Å². The highest BCUT2D eigenvalue weighted by atomic mass is 32.1. The molecule has 3 aromatic rings. The van der Waals surface area contributed by atoms with E-state index in [1.807, 2.05) is 18.2 Å². The van der Waals surface area contributed by atoms with Gasteiger partial charge in [0.2, 0.25) is 0 Å². The number of anilines is 3. The highest BCUT2D eigenvalue weighted by Crippen LogP contribution is 2.29. The molecule has 2 heterocycles. The molecule has 2 aromatic heterocycles. The first-order valence-corrected chi connectivity index (χ1v) is 8.24. The van der Waals surface area contributed by atoms with Gasteiger partial charge in [-0.05, 0) is 24.3 Å². The molecule has 0 spiro atoms. The largest absolute Gasteiger partial charge is 0.497 e. The molecule has 0 unspecified atom stereocenters. The van der Waals surface area contributed by atoms with Crippen LogP contribution in [0.5, 0.6) is 11.5 Å². The van der Waals surface area contributed by atoms with Crippen molar-refractivity contribution in [1.29, 1.82) is 0 Å². The van der Waals surface area contributed by atoms with E-state index in [9.17, 15) is 4.79 Å². The molecule has 0 aliphatic heterocycles. The number of amides is 1. The summed E-state index contributed by atoms with van der Waals surface area (Å²) in [5, 5.41) is 8.11. The maximum Gasteiger partial charge on any atom is 0.275 e. The van der Waals surface area contributed by atoms with Gasteiger partial charge < -0.3 is 20.1 Å². The minimum absolute atomic E-state index is 0.307. The zero-order valence-corrected chi connectivity index (χ0v) is 14.5. The number of carbonyl (C=O) groups is 1. The van der Waals surface area contributed by atoms with Gasteiger partial charge in [-0.15, -0.1) is 11.3 Å². The Bertz CT molecular complexity index is 867. The summed E-state index contributed by atoms with van der Waals surface area (Å²) in [6.45, 7) is 0. The molecule has 3 rings (SSSR count). The summed E-state index contributed by atoms with van der Waals surface area (Å²) >= 11 is 1.32. The average molecular weight is 356 g/mol. The Hall–Kier alpha value is -3.13. The number of methoxy groups -OCH3 is 2. The van der Waals surface area contributed by atoms with Crippen molar-refractivity contribution < 1.29 is 14.3 Å². The van der Waals surface area contributed by atoms with Crippen LogP contribution in [-0.2, 0) is 0 Å². The highest BCUT2D eigenvalue weighted by Gasteiger charge is 2.14. The molecule has 8 heteroatoms. The second-order valence-corrected chi connectivity index (χ2v) is 5.76. The van der Waals surface area contributed by atoms with E-state index >= 15 is 0 Å². The zero-order valence-electron chi connectivity index (χ0n) is 13.6. The molecule has 0 saturated carbocycles. The van der Waals surface area contributed by atoms with E-state index < -0.39 is 0 Å². The third kappa shape index (κ3) is 4.04. The van der Waals surface area contributed by atoms with Crippen LogP contribution in [0.3, 0.4) is 0 Å². The summed E-state index contributed by atoms with van der Waals surface area (Å²) in [6.07, 6.45) is 1.68. The van der Waals surface area contributed by atoms with Gasteiger partial charge in [-0.3, -0.25) is 4.79 Å². The third-order valence-corrected chi connectivity index (χ3v) is 4.05. The summed E-state index contributed by atoms with van der Waals surface area (Å²) in [5.41, 5.74) is 0.849. The molecular formula is C17H16N4O3S. The van der Waals surface area contributed by atoms with Gasteiger partial charge in [-0.25, -0.2) is 9.97 Å². The third-order valence-electron chi connectivity index (χ3n) is 3.29. The Balaban J connectivity index is 1.72. The van der Waals surface area contributed by atoms with Gasteiger partial charge in [-0.1, -0.05) is 6.07 Å². The Morgan fingerprint density at radius 3 is 2.76 bits per heavy atom. The predicted molar refractivity (Wildman–Crippen MR) is 97.1 cm³/mol. The summed E-state index contributed by atoms with van der Waals surface area (Å²) < 4.78 is 10.4. The second-order valence-electron chi connectivity index (χ2n) is 4.90. The number of benzene rings is 1. The van der Waals surface area contributed by atoms with Crippen molar-refractivity contribution in [3.63, 3.8) is 0 Å². The Labute approximate surface area is 148 Å². The highest BCUT2D eigenvalue weighted by molar-refractivity contribution is 7.14. The molecule has 0 radical (unpaired) electrons. The van der Waals surface area contributed by atoms with Crippen LogP contribution in [0.2, 0.25) is 0 Å². The summed E-state index contributed by atoms with van der Waals surface area (Å²) in [4.78, 5) is 20.8. The molecule has 0 atom stereocenters. The lowest BCUT2D eigenvalue weighted by molar-refractivity contribution is 0.102. The molecule has 0 fully saturated rings. The first-order chi connectivity index (χ1) is 12.2. The van der Waals surface area contributed by atoms with Gasteiger partial charge in [-0.2, -0.15) is 0 Å². The van der Waals surface area contributed by atoms with Gasteiger partial charge in [0.15, 0.2) is 5.13 Å². The van der Waals surface area contributed by atoms with Crippen LogP contribution in [0.1, 0.15) is 10.5 Å². The fraction of sp³-hybridized carbons (Fsp3) is 0.118. The Morgan fingerprint density at radius 1 is 1.16 bits per heavy atom. The van der Waals surface area contributed by atoms with Crippen LogP contribution in [0, 0.1) is 0 Å².